The van der Waals surface area contributed by atoms with Crippen LogP contribution in [-0.2, 0) is 19.0 Å². The summed E-state index contributed by atoms with van der Waals surface area (Å²) in [6.45, 7) is 7.91. The van der Waals surface area contributed by atoms with Crippen molar-refractivity contribution in [3.8, 4) is 5.75 Å². The van der Waals surface area contributed by atoms with Crippen LogP contribution >= 0.6 is 0 Å². The number of hydrogen-bond acceptors (Lipinski definition) is 6. The van der Waals surface area contributed by atoms with E-state index in [2.05, 4.69) is 5.32 Å². The number of amides is 2. The molecule has 1 spiro atoms. The van der Waals surface area contributed by atoms with Gasteiger partial charge in [0.2, 0.25) is 5.91 Å². The number of allylic oxidation sites excluding steroid dienone is 1. The van der Waals surface area contributed by atoms with Crippen molar-refractivity contribution < 1.29 is 33.3 Å². The maximum atomic E-state index is 13.8. The summed E-state index contributed by atoms with van der Waals surface area (Å²) in [5, 5.41) is 13.1. The summed E-state index contributed by atoms with van der Waals surface area (Å²) in [6, 6.07) is 3.90. The van der Waals surface area contributed by atoms with Crippen LogP contribution in [0.1, 0.15) is 58.9 Å². The Bertz CT molecular complexity index is 1010. The molecule has 2 N–H and O–H groups in total. The summed E-state index contributed by atoms with van der Waals surface area (Å²) in [7, 11) is 0. The predicted octanol–water partition coefficient (Wildman–Crippen LogP) is 3.77. The van der Waals surface area contributed by atoms with Crippen molar-refractivity contribution in [3.05, 3.63) is 35.7 Å². The summed E-state index contributed by atoms with van der Waals surface area (Å²) in [6.07, 6.45) is 3.86. The third-order valence-electron chi connectivity index (χ3n) is 6.88. The number of nitrogens with one attached hydrogen (secondary N) is 1. The van der Waals surface area contributed by atoms with Gasteiger partial charge >= 0.3 is 6.09 Å². The predicted molar refractivity (Wildman–Crippen MR) is 127 cm³/mol. The lowest BCUT2D eigenvalue weighted by Crippen LogP contribution is -2.65. The lowest BCUT2D eigenvalue weighted by molar-refractivity contribution is -0.137. The maximum absolute atomic E-state index is 13.8. The normalized spacial score (nSPS) is 29.2. The minimum atomic E-state index is -0.741. The average Bonchev–Trinajstić information content (AvgIpc) is 3.03. The van der Waals surface area contributed by atoms with Gasteiger partial charge < -0.3 is 24.6 Å². The van der Waals surface area contributed by atoms with Gasteiger partial charge in [0.1, 0.15) is 12.2 Å². The van der Waals surface area contributed by atoms with Gasteiger partial charge in [0, 0.05) is 11.6 Å². The number of hydrogen-bond donors (Lipinski definition) is 2. The number of morpholine rings is 1. The van der Waals surface area contributed by atoms with Crippen LogP contribution in [0.2, 0.25) is 0 Å². The number of rotatable bonds is 4. The van der Waals surface area contributed by atoms with Gasteiger partial charge in [0.15, 0.2) is 11.6 Å². The highest BCUT2D eigenvalue weighted by molar-refractivity contribution is 5.79. The van der Waals surface area contributed by atoms with E-state index in [-0.39, 0.29) is 37.0 Å². The van der Waals surface area contributed by atoms with Crippen molar-refractivity contribution in [3.63, 3.8) is 0 Å². The van der Waals surface area contributed by atoms with Crippen LogP contribution < -0.4 is 5.32 Å². The Morgan fingerprint density at radius 2 is 2.14 bits per heavy atom. The highest BCUT2D eigenvalue weighted by atomic mass is 19.1. The highest BCUT2D eigenvalue weighted by Crippen LogP contribution is 2.38. The Morgan fingerprint density at radius 3 is 2.80 bits per heavy atom. The van der Waals surface area contributed by atoms with E-state index < -0.39 is 29.1 Å². The Labute approximate surface area is 205 Å². The smallest absolute Gasteiger partial charge is 0.410 e. The summed E-state index contributed by atoms with van der Waals surface area (Å²) >= 11 is 0. The summed E-state index contributed by atoms with van der Waals surface area (Å²) in [5.74, 6) is -1.18. The first-order valence-electron chi connectivity index (χ1n) is 12.2. The fourth-order valence-corrected chi connectivity index (χ4v) is 5.37. The minimum absolute atomic E-state index is 0.000726. The van der Waals surface area contributed by atoms with Crippen molar-refractivity contribution in [2.45, 2.75) is 82.7 Å². The molecule has 192 valence electrons. The molecule has 2 heterocycles. The molecule has 4 unspecified atom stereocenters. The molecule has 0 bridgehead atoms. The number of phenolic OH excluding ortho intramolecular Hbond substituents is 1. The van der Waals surface area contributed by atoms with Gasteiger partial charge in [-0.25, -0.2) is 9.18 Å². The summed E-state index contributed by atoms with van der Waals surface area (Å²) < 4.78 is 31.3. The fraction of sp³-hybridized carbons (Fsp3) is 0.615. The van der Waals surface area contributed by atoms with Crippen LogP contribution in [0.15, 0.2) is 24.3 Å². The molecule has 35 heavy (non-hydrogen) atoms. The summed E-state index contributed by atoms with van der Waals surface area (Å²) in [5.41, 5.74) is -0.00672. The molecule has 8 nitrogen and oxygen atoms in total. The first kappa shape index (κ1) is 25.4. The fourth-order valence-electron chi connectivity index (χ4n) is 5.37. The second-order valence-electron chi connectivity index (χ2n) is 10.7. The van der Waals surface area contributed by atoms with Gasteiger partial charge in [0.05, 0.1) is 30.9 Å². The Morgan fingerprint density at radius 1 is 1.37 bits per heavy atom. The molecule has 1 aromatic rings. The number of para-hydroxylation sites is 1. The zero-order chi connectivity index (χ0) is 25.4. The number of ether oxygens (including phenoxy) is 3. The van der Waals surface area contributed by atoms with Crippen molar-refractivity contribution in [1.82, 2.24) is 10.2 Å². The van der Waals surface area contributed by atoms with E-state index in [1.165, 1.54) is 6.07 Å². The number of aromatic hydroxyl groups is 1. The van der Waals surface area contributed by atoms with E-state index in [9.17, 15) is 19.1 Å². The third kappa shape index (κ3) is 5.46. The van der Waals surface area contributed by atoms with E-state index in [4.69, 9.17) is 14.2 Å². The lowest BCUT2D eigenvalue weighted by atomic mass is 9.88. The standard InChI is InChI=1S/C26H35FN2O6/c1-16-12-26(15-33-14-22(30)28-26)21(29(16)24(32)35-25(2,3)4)13-34-18-10-8-17(9-11-18)19-6-5-7-20(27)23(19)31/h5-8,16,18,21,31H,9-15H2,1-4H3,(H,28,30). The number of phenols is 1. The second kappa shape index (κ2) is 9.78. The molecular formula is C26H35FN2O6. The molecule has 9 heteroatoms. The molecule has 4 rings (SSSR count). The first-order valence-corrected chi connectivity index (χ1v) is 12.2. The Hall–Kier alpha value is -2.65. The number of benzene rings is 1. The Kier molecular flexibility index (Phi) is 7.11. The molecule has 3 aliphatic rings. The van der Waals surface area contributed by atoms with Gasteiger partial charge in [-0.2, -0.15) is 0 Å². The molecule has 4 atom stereocenters. The monoisotopic (exact) mass is 490 g/mol. The molecule has 2 aliphatic heterocycles. The molecule has 0 saturated carbocycles. The molecule has 0 radical (unpaired) electrons. The number of nitrogens with zero attached hydrogens (tertiary/aromatic N) is 1. The van der Waals surface area contributed by atoms with E-state index in [1.807, 2.05) is 33.8 Å². The van der Waals surface area contributed by atoms with Gasteiger partial charge in [-0.3, -0.25) is 9.69 Å². The SMILES string of the molecule is CC1CC2(COCC(=O)N2)C(COC2CC=C(c3cccc(F)c3O)CC2)N1C(=O)OC(C)(C)C. The second-order valence-corrected chi connectivity index (χ2v) is 10.7. The number of halogens is 1. The lowest BCUT2D eigenvalue weighted by Gasteiger charge is -2.41. The van der Waals surface area contributed by atoms with Gasteiger partial charge in [-0.05, 0) is 65.0 Å². The molecule has 2 fully saturated rings. The van der Waals surface area contributed by atoms with Crippen LogP contribution in [0.5, 0.6) is 5.75 Å². The quantitative estimate of drug-likeness (QED) is 0.667. The highest BCUT2D eigenvalue weighted by Gasteiger charge is 2.56. The van der Waals surface area contributed by atoms with Crippen LogP contribution in [-0.4, -0.2) is 71.2 Å². The molecular weight excluding hydrogens is 455 g/mol. The van der Waals surface area contributed by atoms with Gasteiger partial charge in [-0.15, -0.1) is 0 Å². The topological polar surface area (TPSA) is 97.3 Å². The third-order valence-corrected chi connectivity index (χ3v) is 6.88. The van der Waals surface area contributed by atoms with E-state index >= 15 is 0 Å². The van der Waals surface area contributed by atoms with E-state index in [0.717, 1.165) is 5.57 Å². The van der Waals surface area contributed by atoms with Crippen molar-refractivity contribution >= 4 is 17.6 Å². The molecule has 0 aromatic heterocycles. The van der Waals surface area contributed by atoms with Crippen LogP contribution in [0.4, 0.5) is 9.18 Å². The average molecular weight is 491 g/mol. The van der Waals surface area contributed by atoms with E-state index in [1.54, 1.807) is 17.0 Å². The summed E-state index contributed by atoms with van der Waals surface area (Å²) in [4.78, 5) is 27.0. The maximum Gasteiger partial charge on any atom is 0.410 e. The molecule has 2 amide bonds. The van der Waals surface area contributed by atoms with Crippen molar-refractivity contribution in [2.75, 3.05) is 19.8 Å². The number of carbonyl (C=O) groups is 2. The molecule has 1 aliphatic carbocycles. The zero-order valence-corrected chi connectivity index (χ0v) is 20.8. The largest absolute Gasteiger partial charge is 0.504 e. The van der Waals surface area contributed by atoms with Crippen molar-refractivity contribution in [1.29, 1.82) is 0 Å². The van der Waals surface area contributed by atoms with Crippen LogP contribution in [0, 0.1) is 5.82 Å². The van der Waals surface area contributed by atoms with Gasteiger partial charge in [0.25, 0.3) is 0 Å². The van der Waals surface area contributed by atoms with Crippen molar-refractivity contribution in [2.24, 2.45) is 0 Å². The minimum Gasteiger partial charge on any atom is -0.504 e. The van der Waals surface area contributed by atoms with E-state index in [0.29, 0.717) is 37.9 Å². The van der Waals surface area contributed by atoms with Crippen LogP contribution in [0.3, 0.4) is 0 Å². The van der Waals surface area contributed by atoms with Crippen LogP contribution in [0.25, 0.3) is 5.57 Å². The number of likely N-dealkylation sites (tertiary alicyclic amines) is 1. The molecule has 2 saturated heterocycles. The zero-order valence-electron chi connectivity index (χ0n) is 20.8. The first-order chi connectivity index (χ1) is 16.5. The molecule has 1 aromatic carbocycles. The Balaban J connectivity index is 1.48. The number of carbonyl (C=O) groups excluding carboxylic acids is 2. The van der Waals surface area contributed by atoms with Gasteiger partial charge in [-0.1, -0.05) is 18.2 Å².